The van der Waals surface area contributed by atoms with Crippen molar-refractivity contribution in [2.45, 2.75) is 70.4 Å². The van der Waals surface area contributed by atoms with Crippen LogP contribution in [0.25, 0.3) is 0 Å². The molecule has 210 valence electrons. The van der Waals surface area contributed by atoms with E-state index < -0.39 is 0 Å². The zero-order chi connectivity index (χ0) is 27.7. The molecular weight excluding hydrogens is 523 g/mol. The molecule has 3 atom stereocenters. The summed E-state index contributed by atoms with van der Waals surface area (Å²) in [5, 5.41) is 4.52. The first-order chi connectivity index (χ1) is 19.4. The molecule has 0 radical (unpaired) electrons. The molecule has 1 spiro atoms. The normalized spacial score (nSPS) is 25.0. The van der Waals surface area contributed by atoms with E-state index in [0.29, 0.717) is 6.04 Å². The Kier molecular flexibility index (Phi) is 7.64. The number of oxime groups is 1. The number of hydrogen-bond acceptors (Lipinski definition) is 7. The lowest BCUT2D eigenvalue weighted by atomic mass is 9.82. The second kappa shape index (κ2) is 11.3. The van der Waals surface area contributed by atoms with Crippen molar-refractivity contribution in [2.75, 3.05) is 17.4 Å². The minimum absolute atomic E-state index is 0.0767. The Morgan fingerprint density at radius 2 is 1.90 bits per heavy atom. The minimum atomic E-state index is -0.216. The van der Waals surface area contributed by atoms with Gasteiger partial charge in [0.15, 0.2) is 11.9 Å². The highest BCUT2D eigenvalue weighted by molar-refractivity contribution is 7.99. The van der Waals surface area contributed by atoms with E-state index in [1.165, 1.54) is 11.6 Å². The van der Waals surface area contributed by atoms with Crippen molar-refractivity contribution >= 4 is 23.7 Å². The predicted octanol–water partition coefficient (Wildman–Crippen LogP) is 7.20. The van der Waals surface area contributed by atoms with Crippen LogP contribution in [0.2, 0.25) is 0 Å². The topological polar surface area (TPSA) is 40.5 Å². The molecule has 6 nitrogen and oxygen atoms in total. The van der Waals surface area contributed by atoms with Crippen molar-refractivity contribution in [3.8, 4) is 5.75 Å². The Morgan fingerprint density at radius 3 is 2.67 bits per heavy atom. The Hall–Kier alpha value is -3.23. The third-order valence-electron chi connectivity index (χ3n) is 8.02. The average molecular weight is 561 g/mol. The van der Waals surface area contributed by atoms with Crippen LogP contribution in [0, 0.1) is 5.82 Å². The fraction of sp³-hybridized carbons (Fsp3) is 0.406. The van der Waals surface area contributed by atoms with Gasteiger partial charge in [0.1, 0.15) is 11.6 Å². The summed E-state index contributed by atoms with van der Waals surface area (Å²) in [6, 6.07) is 26.0. The number of anilines is 1. The SMILES string of the molecule is CC(C)Oc1cccc(CN2CC[C@@]3(C[C@@H]2C)CN(C2=NOC(c4ccccc4)C2)SN3c2cccc(F)c2)c1. The van der Waals surface area contributed by atoms with E-state index in [1.807, 2.05) is 30.3 Å². The molecule has 0 bridgehead atoms. The number of rotatable bonds is 6. The van der Waals surface area contributed by atoms with Gasteiger partial charge in [0.25, 0.3) is 0 Å². The Morgan fingerprint density at radius 1 is 1.07 bits per heavy atom. The summed E-state index contributed by atoms with van der Waals surface area (Å²) in [5.74, 6) is 1.64. The molecule has 2 fully saturated rings. The summed E-state index contributed by atoms with van der Waals surface area (Å²) in [7, 11) is 0. The molecule has 0 saturated carbocycles. The lowest BCUT2D eigenvalue weighted by Gasteiger charge is -2.47. The van der Waals surface area contributed by atoms with Gasteiger partial charge >= 0.3 is 0 Å². The minimum Gasteiger partial charge on any atom is -0.491 e. The number of piperidine rings is 1. The molecule has 3 aliphatic heterocycles. The molecule has 3 aromatic rings. The Bertz CT molecular complexity index is 1360. The lowest BCUT2D eigenvalue weighted by Crippen LogP contribution is -2.56. The number of benzene rings is 3. The monoisotopic (exact) mass is 560 g/mol. The van der Waals surface area contributed by atoms with Crippen molar-refractivity contribution in [1.82, 2.24) is 9.21 Å². The summed E-state index contributed by atoms with van der Waals surface area (Å²) in [6.45, 7) is 9.06. The van der Waals surface area contributed by atoms with Gasteiger partial charge in [-0.1, -0.05) is 53.7 Å². The molecule has 40 heavy (non-hydrogen) atoms. The first-order valence-electron chi connectivity index (χ1n) is 14.2. The zero-order valence-corrected chi connectivity index (χ0v) is 24.2. The van der Waals surface area contributed by atoms with Gasteiger partial charge in [-0.15, -0.1) is 0 Å². The summed E-state index contributed by atoms with van der Waals surface area (Å²) in [4.78, 5) is 8.43. The predicted molar refractivity (Wildman–Crippen MR) is 160 cm³/mol. The second-order valence-corrected chi connectivity index (χ2v) is 12.4. The van der Waals surface area contributed by atoms with Gasteiger partial charge in [0.05, 0.1) is 42.4 Å². The Balaban J connectivity index is 1.20. The van der Waals surface area contributed by atoms with Crippen LogP contribution in [-0.2, 0) is 11.4 Å². The van der Waals surface area contributed by atoms with E-state index in [4.69, 9.17) is 9.57 Å². The first-order valence-corrected chi connectivity index (χ1v) is 14.9. The van der Waals surface area contributed by atoms with Gasteiger partial charge in [-0.05, 0) is 75.1 Å². The van der Waals surface area contributed by atoms with Gasteiger partial charge in [-0.25, -0.2) is 4.39 Å². The molecule has 3 aliphatic rings. The summed E-state index contributed by atoms with van der Waals surface area (Å²) < 4.78 is 24.9. The fourth-order valence-corrected chi connectivity index (χ4v) is 7.41. The van der Waals surface area contributed by atoms with Crippen LogP contribution >= 0.6 is 12.1 Å². The van der Waals surface area contributed by atoms with E-state index >= 15 is 0 Å². The molecule has 0 N–H and O–H groups in total. The fourth-order valence-electron chi connectivity index (χ4n) is 6.11. The molecule has 3 heterocycles. The van der Waals surface area contributed by atoms with E-state index in [9.17, 15) is 4.39 Å². The van der Waals surface area contributed by atoms with Gasteiger partial charge < -0.3 is 9.57 Å². The highest BCUT2D eigenvalue weighted by Crippen LogP contribution is 2.49. The van der Waals surface area contributed by atoms with Crippen LogP contribution in [0.4, 0.5) is 10.1 Å². The number of nitrogens with zero attached hydrogens (tertiary/aromatic N) is 4. The number of likely N-dealkylation sites (tertiary alicyclic amines) is 1. The third kappa shape index (κ3) is 5.65. The summed E-state index contributed by atoms with van der Waals surface area (Å²) in [5.41, 5.74) is 3.14. The van der Waals surface area contributed by atoms with Gasteiger partial charge in [-0.2, -0.15) is 0 Å². The van der Waals surface area contributed by atoms with Crippen molar-refractivity contribution in [2.24, 2.45) is 5.16 Å². The highest BCUT2D eigenvalue weighted by Gasteiger charge is 2.51. The first kappa shape index (κ1) is 27.0. The second-order valence-electron chi connectivity index (χ2n) is 11.4. The van der Waals surface area contributed by atoms with Crippen LogP contribution in [0.3, 0.4) is 0 Å². The molecule has 1 unspecified atom stereocenters. The molecule has 6 rings (SSSR count). The lowest BCUT2D eigenvalue weighted by molar-refractivity contribution is 0.0855. The van der Waals surface area contributed by atoms with Crippen LogP contribution in [0.5, 0.6) is 5.75 Å². The number of amidine groups is 1. The standard InChI is InChI=1S/C32H37FN4O2S/c1-23(2)38-29-14-7-9-25(17-29)21-35-16-15-32(20-24(35)3)22-36(40-37(32)28-13-8-12-27(33)18-28)31-19-30(39-34-31)26-10-5-4-6-11-26/h4-14,17-18,23-24,30H,15-16,19-22H2,1-3H3/t24-,30?,32+/m0/s1. The highest BCUT2D eigenvalue weighted by atomic mass is 32.2. The van der Waals surface area contributed by atoms with E-state index in [1.54, 1.807) is 24.3 Å². The molecule has 0 amide bonds. The van der Waals surface area contributed by atoms with Gasteiger partial charge in [-0.3, -0.25) is 13.5 Å². The van der Waals surface area contributed by atoms with Gasteiger partial charge in [0.2, 0.25) is 0 Å². The Labute approximate surface area is 241 Å². The quantitative estimate of drug-likeness (QED) is 0.297. The molecule has 0 aliphatic carbocycles. The van der Waals surface area contributed by atoms with Crippen LogP contribution in [-0.4, -0.2) is 45.8 Å². The third-order valence-corrected chi connectivity index (χ3v) is 9.32. The summed E-state index contributed by atoms with van der Waals surface area (Å²) >= 11 is 1.64. The molecule has 0 aromatic heterocycles. The van der Waals surface area contributed by atoms with Crippen molar-refractivity contribution in [3.05, 3.63) is 95.8 Å². The van der Waals surface area contributed by atoms with Crippen LogP contribution < -0.4 is 9.04 Å². The van der Waals surface area contributed by atoms with Crippen molar-refractivity contribution in [3.63, 3.8) is 0 Å². The smallest absolute Gasteiger partial charge is 0.160 e. The largest absolute Gasteiger partial charge is 0.491 e. The number of ether oxygens (including phenoxy) is 1. The van der Waals surface area contributed by atoms with Crippen molar-refractivity contribution in [1.29, 1.82) is 0 Å². The van der Waals surface area contributed by atoms with E-state index in [0.717, 1.165) is 61.7 Å². The molecule has 2 saturated heterocycles. The maximum absolute atomic E-state index is 14.4. The molecular formula is C32H37FN4O2S. The maximum atomic E-state index is 14.4. The number of hydrogen-bond donors (Lipinski definition) is 0. The average Bonchev–Trinajstić information content (AvgIpc) is 3.57. The van der Waals surface area contributed by atoms with Gasteiger partial charge in [0, 0.05) is 19.1 Å². The molecule has 3 aromatic carbocycles. The summed E-state index contributed by atoms with van der Waals surface area (Å²) in [6.07, 6.45) is 2.73. The van der Waals surface area contributed by atoms with E-state index in [-0.39, 0.29) is 23.6 Å². The molecule has 8 heteroatoms. The van der Waals surface area contributed by atoms with Crippen LogP contribution in [0.1, 0.15) is 57.3 Å². The number of halogens is 1. The maximum Gasteiger partial charge on any atom is 0.160 e. The van der Waals surface area contributed by atoms with E-state index in [2.05, 4.69) is 69.8 Å². The van der Waals surface area contributed by atoms with Crippen LogP contribution in [0.15, 0.2) is 84.0 Å². The zero-order valence-electron chi connectivity index (χ0n) is 23.4. The van der Waals surface area contributed by atoms with Crippen molar-refractivity contribution < 1.29 is 14.0 Å².